The number of aromatic carboxylic acids is 1. The number of benzene rings is 1. The Morgan fingerprint density at radius 2 is 1.89 bits per heavy atom. The van der Waals surface area contributed by atoms with Crippen molar-refractivity contribution in [1.82, 2.24) is 9.88 Å². The third kappa shape index (κ3) is 4.13. The van der Waals surface area contributed by atoms with E-state index in [-0.39, 0.29) is 17.6 Å². The lowest BCUT2D eigenvalue weighted by Crippen LogP contribution is -2.49. The molecule has 1 saturated heterocycles. The van der Waals surface area contributed by atoms with Crippen molar-refractivity contribution in [1.29, 1.82) is 0 Å². The summed E-state index contributed by atoms with van der Waals surface area (Å²) in [7, 11) is 0. The summed E-state index contributed by atoms with van der Waals surface area (Å²) in [6, 6.07) is 6.51. The van der Waals surface area contributed by atoms with E-state index in [0.29, 0.717) is 55.2 Å². The van der Waals surface area contributed by atoms with Crippen LogP contribution in [0.5, 0.6) is 0 Å². The largest absolute Gasteiger partial charge is 0.478 e. The molecule has 9 nitrogen and oxygen atoms in total. The van der Waals surface area contributed by atoms with Crippen molar-refractivity contribution < 1.29 is 24.2 Å². The SMILES string of the molecule is CCOC(=O)N1CCN(c2cc(C(=O)O)c3cc(NC(C)=O)ccc3n2)CC1. The number of hydrogen-bond acceptors (Lipinski definition) is 6. The summed E-state index contributed by atoms with van der Waals surface area (Å²) >= 11 is 0. The second kappa shape index (κ2) is 8.12. The molecule has 0 saturated carbocycles. The normalized spacial score (nSPS) is 14.1. The van der Waals surface area contributed by atoms with Gasteiger partial charge in [0.1, 0.15) is 5.82 Å². The summed E-state index contributed by atoms with van der Waals surface area (Å²) < 4.78 is 5.01. The lowest BCUT2D eigenvalue weighted by molar-refractivity contribution is -0.114. The molecule has 2 heterocycles. The van der Waals surface area contributed by atoms with Gasteiger partial charge in [-0.25, -0.2) is 14.6 Å². The lowest BCUT2D eigenvalue weighted by Gasteiger charge is -2.35. The molecule has 1 fully saturated rings. The van der Waals surface area contributed by atoms with Crippen molar-refractivity contribution in [2.45, 2.75) is 13.8 Å². The van der Waals surface area contributed by atoms with Crippen molar-refractivity contribution >= 4 is 40.4 Å². The van der Waals surface area contributed by atoms with Crippen molar-refractivity contribution in [3.8, 4) is 0 Å². The van der Waals surface area contributed by atoms with E-state index in [0.717, 1.165) is 0 Å². The molecule has 2 aromatic rings. The Hall–Kier alpha value is -3.36. The first-order valence-corrected chi connectivity index (χ1v) is 9.01. The monoisotopic (exact) mass is 386 g/mol. The molecule has 0 atom stereocenters. The highest BCUT2D eigenvalue weighted by atomic mass is 16.6. The molecule has 0 aliphatic carbocycles. The van der Waals surface area contributed by atoms with Crippen LogP contribution in [0.4, 0.5) is 16.3 Å². The van der Waals surface area contributed by atoms with Gasteiger partial charge in [0, 0.05) is 44.2 Å². The van der Waals surface area contributed by atoms with Crippen LogP contribution in [0, 0.1) is 0 Å². The number of carboxylic acid groups (broad SMARTS) is 1. The van der Waals surface area contributed by atoms with Crippen LogP contribution in [0.25, 0.3) is 10.9 Å². The molecule has 1 aromatic carbocycles. The predicted octanol–water partition coefficient (Wildman–Crippen LogP) is 2.17. The standard InChI is InChI=1S/C19H22N4O5/c1-3-28-19(27)23-8-6-22(7-9-23)17-11-15(18(25)26)14-10-13(20-12(2)24)4-5-16(14)21-17/h4-5,10-11H,3,6-9H2,1-2H3,(H,20,24)(H,25,26). The highest BCUT2D eigenvalue weighted by Crippen LogP contribution is 2.26. The zero-order valence-electron chi connectivity index (χ0n) is 15.8. The van der Waals surface area contributed by atoms with Crippen LogP contribution >= 0.6 is 0 Å². The van der Waals surface area contributed by atoms with Gasteiger partial charge in [-0.15, -0.1) is 0 Å². The first-order chi connectivity index (χ1) is 13.4. The number of nitrogens with zero attached hydrogens (tertiary/aromatic N) is 3. The second-order valence-corrected chi connectivity index (χ2v) is 6.42. The van der Waals surface area contributed by atoms with Crippen LogP contribution in [0.1, 0.15) is 24.2 Å². The summed E-state index contributed by atoms with van der Waals surface area (Å²) in [6.45, 7) is 5.48. The number of fused-ring (bicyclic) bond motifs is 1. The molecular weight excluding hydrogens is 364 g/mol. The molecule has 0 spiro atoms. The van der Waals surface area contributed by atoms with Gasteiger partial charge >= 0.3 is 12.1 Å². The maximum Gasteiger partial charge on any atom is 0.409 e. The number of carbonyl (C=O) groups excluding carboxylic acids is 2. The minimum Gasteiger partial charge on any atom is -0.478 e. The summed E-state index contributed by atoms with van der Waals surface area (Å²) in [5, 5.41) is 12.7. The van der Waals surface area contributed by atoms with Gasteiger partial charge in [0.05, 0.1) is 17.7 Å². The molecule has 1 aliphatic rings. The maximum atomic E-state index is 11.8. The minimum atomic E-state index is -1.07. The highest BCUT2D eigenvalue weighted by molar-refractivity contribution is 6.05. The molecule has 1 aliphatic heterocycles. The molecule has 2 amide bonds. The number of rotatable bonds is 4. The van der Waals surface area contributed by atoms with Gasteiger partial charge in [0.15, 0.2) is 0 Å². The van der Waals surface area contributed by atoms with Gasteiger partial charge in [0.2, 0.25) is 5.91 Å². The van der Waals surface area contributed by atoms with Gasteiger partial charge in [-0.3, -0.25) is 4.79 Å². The number of piperazine rings is 1. The molecule has 3 rings (SSSR count). The summed E-state index contributed by atoms with van der Waals surface area (Å²) in [5.41, 5.74) is 1.15. The number of aromatic nitrogens is 1. The van der Waals surface area contributed by atoms with Crippen molar-refractivity contribution in [3.63, 3.8) is 0 Å². The number of nitrogens with one attached hydrogen (secondary N) is 1. The van der Waals surface area contributed by atoms with Gasteiger partial charge in [-0.2, -0.15) is 0 Å². The molecule has 1 aromatic heterocycles. The van der Waals surface area contributed by atoms with Crippen LogP contribution in [0.3, 0.4) is 0 Å². The Kier molecular flexibility index (Phi) is 5.62. The van der Waals surface area contributed by atoms with Crippen LogP contribution in [0.15, 0.2) is 24.3 Å². The van der Waals surface area contributed by atoms with E-state index < -0.39 is 5.97 Å². The fraction of sp³-hybridized carbons (Fsp3) is 0.368. The lowest BCUT2D eigenvalue weighted by atomic mass is 10.1. The average molecular weight is 386 g/mol. The zero-order chi connectivity index (χ0) is 20.3. The quantitative estimate of drug-likeness (QED) is 0.828. The smallest absolute Gasteiger partial charge is 0.409 e. The Morgan fingerprint density at radius 3 is 2.50 bits per heavy atom. The van der Waals surface area contributed by atoms with E-state index in [1.165, 1.54) is 13.0 Å². The van der Waals surface area contributed by atoms with Gasteiger partial charge in [-0.05, 0) is 31.2 Å². The van der Waals surface area contributed by atoms with Gasteiger partial charge in [-0.1, -0.05) is 0 Å². The van der Waals surface area contributed by atoms with E-state index in [9.17, 15) is 19.5 Å². The number of carbonyl (C=O) groups is 3. The topological polar surface area (TPSA) is 112 Å². The molecule has 0 radical (unpaired) electrons. The van der Waals surface area contributed by atoms with Crippen LogP contribution < -0.4 is 10.2 Å². The second-order valence-electron chi connectivity index (χ2n) is 6.42. The molecule has 148 valence electrons. The number of anilines is 2. The first-order valence-electron chi connectivity index (χ1n) is 9.01. The number of carboxylic acids is 1. The number of hydrogen-bond donors (Lipinski definition) is 2. The molecular formula is C19H22N4O5. The molecule has 0 bridgehead atoms. The molecule has 2 N–H and O–H groups in total. The maximum absolute atomic E-state index is 11.8. The fourth-order valence-corrected chi connectivity index (χ4v) is 3.16. The van der Waals surface area contributed by atoms with E-state index in [1.807, 2.05) is 4.90 Å². The Balaban J connectivity index is 1.88. The predicted molar refractivity (Wildman–Crippen MR) is 104 cm³/mol. The number of ether oxygens (including phenoxy) is 1. The third-order valence-corrected chi connectivity index (χ3v) is 4.48. The van der Waals surface area contributed by atoms with Gasteiger partial charge in [0.25, 0.3) is 0 Å². The van der Waals surface area contributed by atoms with Crippen molar-refractivity contribution in [3.05, 3.63) is 29.8 Å². The highest BCUT2D eigenvalue weighted by Gasteiger charge is 2.24. The first kappa shape index (κ1) is 19.4. The Bertz CT molecular complexity index is 922. The molecule has 9 heteroatoms. The number of pyridine rings is 1. The van der Waals surface area contributed by atoms with Crippen molar-refractivity contribution in [2.24, 2.45) is 0 Å². The minimum absolute atomic E-state index is 0.111. The molecule has 28 heavy (non-hydrogen) atoms. The van der Waals surface area contributed by atoms with Crippen LogP contribution in [-0.4, -0.2) is 65.7 Å². The summed E-state index contributed by atoms with van der Waals surface area (Å²) in [5.74, 6) is -0.764. The van der Waals surface area contributed by atoms with Gasteiger partial charge < -0.3 is 25.0 Å². The third-order valence-electron chi connectivity index (χ3n) is 4.48. The Morgan fingerprint density at radius 1 is 1.18 bits per heavy atom. The van der Waals surface area contributed by atoms with E-state index in [1.54, 1.807) is 30.0 Å². The zero-order valence-corrected chi connectivity index (χ0v) is 15.8. The molecule has 0 unspecified atom stereocenters. The van der Waals surface area contributed by atoms with E-state index in [4.69, 9.17) is 4.74 Å². The Labute approximate surface area is 161 Å². The fourth-order valence-electron chi connectivity index (χ4n) is 3.16. The van der Waals surface area contributed by atoms with Crippen LogP contribution in [-0.2, 0) is 9.53 Å². The average Bonchev–Trinajstić information content (AvgIpc) is 2.67. The van der Waals surface area contributed by atoms with Crippen LogP contribution in [0.2, 0.25) is 0 Å². The van der Waals surface area contributed by atoms with E-state index >= 15 is 0 Å². The van der Waals surface area contributed by atoms with E-state index in [2.05, 4.69) is 10.3 Å². The van der Waals surface area contributed by atoms with Crippen molar-refractivity contribution in [2.75, 3.05) is 43.0 Å². The summed E-state index contributed by atoms with van der Waals surface area (Å²) in [6.07, 6.45) is -0.342. The number of amides is 2. The summed E-state index contributed by atoms with van der Waals surface area (Å²) in [4.78, 5) is 43.0.